The van der Waals surface area contributed by atoms with Crippen LogP contribution in [-0.4, -0.2) is 29.0 Å². The number of hydrogen-bond acceptors (Lipinski definition) is 6. The van der Waals surface area contributed by atoms with Crippen molar-refractivity contribution in [3.8, 4) is 5.88 Å². The van der Waals surface area contributed by atoms with Crippen molar-refractivity contribution in [3.05, 3.63) is 44.4 Å². The summed E-state index contributed by atoms with van der Waals surface area (Å²) in [5.41, 5.74) is 2.58. The van der Waals surface area contributed by atoms with E-state index in [0.717, 1.165) is 32.7 Å². The molecule has 2 aromatic rings. The van der Waals surface area contributed by atoms with Gasteiger partial charge in [0.1, 0.15) is 6.54 Å². The molecule has 0 fully saturated rings. The molecule has 0 spiro atoms. The van der Waals surface area contributed by atoms with E-state index in [-0.39, 0.29) is 12.4 Å². The Kier molecular flexibility index (Phi) is 3.64. The van der Waals surface area contributed by atoms with Crippen LogP contribution in [0.2, 0.25) is 0 Å². The van der Waals surface area contributed by atoms with E-state index in [0.29, 0.717) is 4.88 Å². The standard InChI is InChI=1S/C15H12N2O4S/c1-21-13(18)8-17-14(19)12(22-15(17)20)6-9-7-16-11-5-3-2-4-10(9)11/h2-7,19H,8H2,1H3. The normalized spacial score (nSPS) is 14.3. The Morgan fingerprint density at radius 2 is 2.23 bits per heavy atom. The quantitative estimate of drug-likeness (QED) is 0.879. The molecule has 0 unspecified atom stereocenters. The van der Waals surface area contributed by atoms with Crippen LogP contribution in [0.4, 0.5) is 5.69 Å². The van der Waals surface area contributed by atoms with Crippen LogP contribution in [0.25, 0.3) is 11.6 Å². The fourth-order valence-corrected chi connectivity index (χ4v) is 2.97. The summed E-state index contributed by atoms with van der Waals surface area (Å²) in [5.74, 6) is -0.840. The average molecular weight is 316 g/mol. The molecular weight excluding hydrogens is 304 g/mol. The zero-order valence-electron chi connectivity index (χ0n) is 11.6. The SMILES string of the molecule is COC(=O)Cn1c(O)c(C=C2C=Nc3ccccc32)sc1=O. The second-order valence-corrected chi connectivity index (χ2v) is 5.59. The van der Waals surface area contributed by atoms with Gasteiger partial charge in [0.25, 0.3) is 0 Å². The number of esters is 1. The van der Waals surface area contributed by atoms with Gasteiger partial charge in [-0.05, 0) is 12.1 Å². The van der Waals surface area contributed by atoms with E-state index in [4.69, 9.17) is 0 Å². The summed E-state index contributed by atoms with van der Waals surface area (Å²) >= 11 is 0.867. The Hall–Kier alpha value is -2.67. The molecule has 0 bridgehead atoms. The number of nitrogens with zero attached hydrogens (tertiary/aromatic N) is 2. The number of thiazole rings is 1. The molecular formula is C15H12N2O4S. The second kappa shape index (κ2) is 5.61. The number of aliphatic imine (C=N–C) groups is 1. The van der Waals surface area contributed by atoms with Gasteiger partial charge in [-0.1, -0.05) is 29.5 Å². The highest BCUT2D eigenvalue weighted by molar-refractivity contribution is 7.10. The molecule has 0 radical (unpaired) electrons. The number of carbonyl (C=O) groups is 1. The van der Waals surface area contributed by atoms with Gasteiger partial charge in [-0.2, -0.15) is 0 Å². The maximum atomic E-state index is 11.9. The molecule has 2 heterocycles. The van der Waals surface area contributed by atoms with Crippen molar-refractivity contribution in [1.29, 1.82) is 0 Å². The lowest BCUT2D eigenvalue weighted by Crippen LogP contribution is -2.19. The lowest BCUT2D eigenvalue weighted by atomic mass is 10.1. The Morgan fingerprint density at radius 3 is 3.00 bits per heavy atom. The van der Waals surface area contributed by atoms with E-state index in [1.807, 2.05) is 24.3 Å². The third kappa shape index (κ3) is 2.46. The summed E-state index contributed by atoms with van der Waals surface area (Å²) in [5, 5.41) is 10.1. The van der Waals surface area contributed by atoms with E-state index in [1.54, 1.807) is 12.3 Å². The number of aromatic hydroxyl groups is 1. The third-order valence-electron chi connectivity index (χ3n) is 3.25. The maximum Gasteiger partial charge on any atom is 0.325 e. The summed E-state index contributed by atoms with van der Waals surface area (Å²) in [6.45, 7) is -0.314. The van der Waals surface area contributed by atoms with E-state index in [9.17, 15) is 14.7 Å². The highest BCUT2D eigenvalue weighted by Gasteiger charge is 2.17. The number of ether oxygens (including phenoxy) is 1. The van der Waals surface area contributed by atoms with Gasteiger partial charge in [0.05, 0.1) is 17.7 Å². The molecule has 0 amide bonds. The van der Waals surface area contributed by atoms with Crippen LogP contribution in [0.3, 0.4) is 0 Å². The molecule has 22 heavy (non-hydrogen) atoms. The number of para-hydroxylation sites is 1. The number of hydrogen-bond donors (Lipinski definition) is 1. The summed E-state index contributed by atoms with van der Waals surface area (Å²) in [7, 11) is 1.23. The number of carbonyl (C=O) groups excluding carboxylic acids is 1. The third-order valence-corrected chi connectivity index (χ3v) is 4.17. The van der Waals surface area contributed by atoms with Crippen LogP contribution in [-0.2, 0) is 16.1 Å². The van der Waals surface area contributed by atoms with Gasteiger partial charge in [0, 0.05) is 17.4 Å². The first kappa shape index (κ1) is 14.3. The van der Waals surface area contributed by atoms with Crippen molar-refractivity contribution < 1.29 is 14.6 Å². The first-order valence-electron chi connectivity index (χ1n) is 6.44. The van der Waals surface area contributed by atoms with Crippen LogP contribution in [0.1, 0.15) is 10.4 Å². The molecule has 1 aromatic carbocycles. The number of benzene rings is 1. The average Bonchev–Trinajstić information content (AvgIpc) is 3.04. The van der Waals surface area contributed by atoms with E-state index < -0.39 is 10.8 Å². The van der Waals surface area contributed by atoms with Crippen molar-refractivity contribution in [2.75, 3.05) is 7.11 Å². The largest absolute Gasteiger partial charge is 0.493 e. The molecule has 0 aliphatic carbocycles. The smallest absolute Gasteiger partial charge is 0.325 e. The molecule has 0 saturated heterocycles. The molecule has 1 aromatic heterocycles. The van der Waals surface area contributed by atoms with Crippen molar-refractivity contribution in [2.24, 2.45) is 4.99 Å². The summed E-state index contributed by atoms with van der Waals surface area (Å²) in [6, 6.07) is 7.59. The number of allylic oxidation sites excluding steroid dienone is 1. The van der Waals surface area contributed by atoms with E-state index >= 15 is 0 Å². The minimum Gasteiger partial charge on any atom is -0.493 e. The van der Waals surface area contributed by atoms with Gasteiger partial charge in [0.2, 0.25) is 5.88 Å². The first-order valence-corrected chi connectivity index (χ1v) is 7.26. The lowest BCUT2D eigenvalue weighted by molar-refractivity contribution is -0.141. The second-order valence-electron chi connectivity index (χ2n) is 4.59. The molecule has 112 valence electrons. The minimum atomic E-state index is -0.595. The predicted molar refractivity (Wildman–Crippen MR) is 84.7 cm³/mol. The monoisotopic (exact) mass is 316 g/mol. The molecule has 3 rings (SSSR count). The molecule has 0 atom stereocenters. The maximum absolute atomic E-state index is 11.9. The molecule has 1 aliphatic rings. The molecule has 1 aliphatic heterocycles. The van der Waals surface area contributed by atoms with Gasteiger partial charge in [-0.3, -0.25) is 19.1 Å². The van der Waals surface area contributed by atoms with Crippen molar-refractivity contribution in [2.45, 2.75) is 6.54 Å². The van der Waals surface area contributed by atoms with Gasteiger partial charge in [0.15, 0.2) is 0 Å². The molecule has 6 nitrogen and oxygen atoms in total. The van der Waals surface area contributed by atoms with Crippen LogP contribution in [0, 0.1) is 0 Å². The van der Waals surface area contributed by atoms with Crippen molar-refractivity contribution in [1.82, 2.24) is 4.57 Å². The summed E-state index contributed by atoms with van der Waals surface area (Å²) in [4.78, 5) is 27.4. The summed E-state index contributed by atoms with van der Waals surface area (Å²) < 4.78 is 5.50. The van der Waals surface area contributed by atoms with Crippen LogP contribution in [0.5, 0.6) is 5.88 Å². The highest BCUT2D eigenvalue weighted by atomic mass is 32.1. The first-order chi connectivity index (χ1) is 10.6. The Bertz CT molecular complexity index is 861. The number of methoxy groups -OCH3 is 1. The zero-order chi connectivity index (χ0) is 15.7. The fourth-order valence-electron chi connectivity index (χ4n) is 2.14. The molecule has 0 saturated carbocycles. The van der Waals surface area contributed by atoms with Crippen molar-refractivity contribution in [3.63, 3.8) is 0 Å². The van der Waals surface area contributed by atoms with Gasteiger partial charge < -0.3 is 9.84 Å². The van der Waals surface area contributed by atoms with E-state index in [1.165, 1.54) is 7.11 Å². The zero-order valence-corrected chi connectivity index (χ0v) is 12.5. The van der Waals surface area contributed by atoms with Crippen LogP contribution < -0.4 is 4.87 Å². The van der Waals surface area contributed by atoms with Gasteiger partial charge in [-0.15, -0.1) is 0 Å². The highest BCUT2D eigenvalue weighted by Crippen LogP contribution is 2.34. The minimum absolute atomic E-state index is 0.245. The van der Waals surface area contributed by atoms with Crippen molar-refractivity contribution >= 4 is 40.9 Å². The lowest BCUT2D eigenvalue weighted by Gasteiger charge is -2.02. The van der Waals surface area contributed by atoms with Crippen LogP contribution >= 0.6 is 11.3 Å². The Balaban J connectivity index is 2.00. The molecule has 1 N–H and O–H groups in total. The number of rotatable bonds is 3. The molecule has 7 heteroatoms. The van der Waals surface area contributed by atoms with Crippen LogP contribution in [0.15, 0.2) is 34.1 Å². The van der Waals surface area contributed by atoms with Gasteiger partial charge >= 0.3 is 10.8 Å². The number of fused-ring (bicyclic) bond motifs is 1. The number of aromatic nitrogens is 1. The van der Waals surface area contributed by atoms with E-state index in [2.05, 4.69) is 9.73 Å². The Labute approximate surface area is 129 Å². The Morgan fingerprint density at radius 1 is 1.45 bits per heavy atom. The predicted octanol–water partition coefficient (Wildman–Crippen LogP) is 2.04. The van der Waals surface area contributed by atoms with Gasteiger partial charge in [-0.25, -0.2) is 0 Å². The summed E-state index contributed by atoms with van der Waals surface area (Å²) in [6.07, 6.45) is 3.36. The fraction of sp³-hybridized carbons (Fsp3) is 0.133. The topological polar surface area (TPSA) is 80.9 Å².